The average Bonchev–Trinajstić information content (AvgIpc) is 2.77. The van der Waals surface area contributed by atoms with Gasteiger partial charge in [0, 0.05) is 5.56 Å². The van der Waals surface area contributed by atoms with Crippen LogP contribution in [-0.2, 0) is 0 Å². The summed E-state index contributed by atoms with van der Waals surface area (Å²) in [6.07, 6.45) is 1.42. The van der Waals surface area contributed by atoms with Crippen molar-refractivity contribution in [3.63, 3.8) is 0 Å². The predicted molar refractivity (Wildman–Crippen MR) is 63.6 cm³/mol. The molecular formula is C12H9BrF3NO. The van der Waals surface area contributed by atoms with Gasteiger partial charge >= 0.3 is 0 Å². The van der Waals surface area contributed by atoms with E-state index in [0.29, 0.717) is 10.2 Å². The van der Waals surface area contributed by atoms with Gasteiger partial charge in [-0.1, -0.05) is 6.07 Å². The summed E-state index contributed by atoms with van der Waals surface area (Å²) < 4.78 is 45.6. The molecule has 0 radical (unpaired) electrons. The smallest absolute Gasteiger partial charge is 0.194 e. The third-order valence-corrected chi connectivity index (χ3v) is 3.23. The van der Waals surface area contributed by atoms with E-state index in [9.17, 15) is 13.2 Å². The van der Waals surface area contributed by atoms with Crippen LogP contribution in [0.4, 0.5) is 13.2 Å². The van der Waals surface area contributed by atoms with Crippen molar-refractivity contribution in [1.29, 1.82) is 0 Å². The highest BCUT2D eigenvalue weighted by Crippen LogP contribution is 2.31. The van der Waals surface area contributed by atoms with Crippen molar-refractivity contribution in [3.8, 4) is 0 Å². The van der Waals surface area contributed by atoms with Crippen molar-refractivity contribution in [1.82, 2.24) is 5.32 Å². The molecule has 1 N–H and O–H groups in total. The number of nitrogens with one attached hydrogen (secondary N) is 1. The second-order valence-corrected chi connectivity index (χ2v) is 4.47. The number of furan rings is 1. The van der Waals surface area contributed by atoms with Crippen LogP contribution < -0.4 is 5.32 Å². The van der Waals surface area contributed by atoms with Crippen LogP contribution in [0.2, 0.25) is 0 Å². The normalized spacial score (nSPS) is 12.7. The van der Waals surface area contributed by atoms with Crippen molar-refractivity contribution in [2.45, 2.75) is 6.04 Å². The summed E-state index contributed by atoms with van der Waals surface area (Å²) in [6, 6.07) is 3.00. The minimum Gasteiger partial charge on any atom is -0.466 e. The zero-order valence-electron chi connectivity index (χ0n) is 9.31. The fourth-order valence-corrected chi connectivity index (χ4v) is 2.13. The van der Waals surface area contributed by atoms with Crippen LogP contribution in [0, 0.1) is 17.5 Å². The van der Waals surface area contributed by atoms with Gasteiger partial charge in [0.15, 0.2) is 17.5 Å². The molecule has 1 heterocycles. The van der Waals surface area contributed by atoms with Gasteiger partial charge in [-0.05, 0) is 35.1 Å². The Morgan fingerprint density at radius 1 is 1.17 bits per heavy atom. The van der Waals surface area contributed by atoms with E-state index < -0.39 is 23.5 Å². The molecule has 0 aliphatic carbocycles. The molecule has 2 rings (SSSR count). The Balaban J connectivity index is 2.53. The Bertz CT molecular complexity index is 570. The van der Waals surface area contributed by atoms with Crippen LogP contribution in [-0.4, -0.2) is 7.05 Å². The molecule has 0 aliphatic rings. The van der Waals surface area contributed by atoms with Gasteiger partial charge < -0.3 is 9.73 Å². The number of benzene rings is 1. The van der Waals surface area contributed by atoms with Gasteiger partial charge in [-0.15, -0.1) is 0 Å². The van der Waals surface area contributed by atoms with Crippen LogP contribution in [0.5, 0.6) is 0 Å². The van der Waals surface area contributed by atoms with Crippen LogP contribution in [0.15, 0.2) is 33.4 Å². The molecular weight excluding hydrogens is 311 g/mol. The molecule has 18 heavy (non-hydrogen) atoms. The van der Waals surface area contributed by atoms with E-state index in [-0.39, 0.29) is 5.56 Å². The first kappa shape index (κ1) is 13.2. The molecule has 6 heteroatoms. The van der Waals surface area contributed by atoms with Gasteiger partial charge in [0.05, 0.1) is 16.8 Å². The van der Waals surface area contributed by atoms with E-state index in [0.717, 1.165) is 6.07 Å². The van der Waals surface area contributed by atoms with Crippen LogP contribution in [0.3, 0.4) is 0 Å². The first-order valence-electron chi connectivity index (χ1n) is 5.09. The third kappa shape index (κ3) is 2.18. The molecule has 1 aromatic carbocycles. The topological polar surface area (TPSA) is 25.2 Å². The van der Waals surface area contributed by atoms with Crippen molar-refractivity contribution >= 4 is 15.9 Å². The lowest BCUT2D eigenvalue weighted by atomic mass is 10.0. The molecule has 2 nitrogen and oxygen atoms in total. The van der Waals surface area contributed by atoms with Gasteiger partial charge in [0.25, 0.3) is 0 Å². The lowest BCUT2D eigenvalue weighted by Gasteiger charge is -2.16. The van der Waals surface area contributed by atoms with Crippen molar-refractivity contribution in [2.75, 3.05) is 7.05 Å². The molecule has 2 aromatic rings. The summed E-state index contributed by atoms with van der Waals surface area (Å²) in [5.74, 6) is -3.54. The Hall–Kier alpha value is -1.27. The molecule has 0 amide bonds. The fourth-order valence-electron chi connectivity index (χ4n) is 1.70. The van der Waals surface area contributed by atoms with Crippen LogP contribution in [0.25, 0.3) is 0 Å². The summed E-state index contributed by atoms with van der Waals surface area (Å²) in [7, 11) is 1.57. The number of halogens is 4. The van der Waals surface area contributed by atoms with Crippen molar-refractivity contribution in [3.05, 3.63) is 57.7 Å². The molecule has 0 aliphatic heterocycles. The molecule has 96 valence electrons. The Morgan fingerprint density at radius 2 is 1.89 bits per heavy atom. The van der Waals surface area contributed by atoms with Gasteiger partial charge in [0.1, 0.15) is 5.76 Å². The lowest BCUT2D eigenvalue weighted by Crippen LogP contribution is -2.19. The van der Waals surface area contributed by atoms with E-state index in [1.165, 1.54) is 12.3 Å². The third-order valence-electron chi connectivity index (χ3n) is 2.57. The van der Waals surface area contributed by atoms with E-state index in [2.05, 4.69) is 21.2 Å². The quantitative estimate of drug-likeness (QED) is 0.871. The van der Waals surface area contributed by atoms with E-state index in [1.807, 2.05) is 0 Å². The number of rotatable bonds is 3. The lowest BCUT2D eigenvalue weighted by molar-refractivity contribution is 0.417. The second kappa shape index (κ2) is 5.16. The summed E-state index contributed by atoms with van der Waals surface area (Å²) in [5.41, 5.74) is -0.0212. The fraction of sp³-hybridized carbons (Fsp3) is 0.167. The van der Waals surface area contributed by atoms with Gasteiger partial charge in [-0.2, -0.15) is 0 Å². The predicted octanol–water partition coefficient (Wildman–Crippen LogP) is 3.77. The van der Waals surface area contributed by atoms with E-state index >= 15 is 0 Å². The summed E-state index contributed by atoms with van der Waals surface area (Å²) >= 11 is 3.24. The second-order valence-electron chi connectivity index (χ2n) is 3.62. The summed E-state index contributed by atoms with van der Waals surface area (Å²) in [4.78, 5) is 0. The SMILES string of the molecule is CNC(c1ccc(F)c(F)c1F)c1occc1Br. The molecule has 0 bridgehead atoms. The van der Waals surface area contributed by atoms with Gasteiger partial charge in [0.2, 0.25) is 0 Å². The molecule has 0 fully saturated rings. The molecule has 1 aromatic heterocycles. The molecule has 1 atom stereocenters. The summed E-state index contributed by atoms with van der Waals surface area (Å²) in [5, 5.41) is 2.80. The zero-order chi connectivity index (χ0) is 13.3. The number of hydrogen-bond acceptors (Lipinski definition) is 2. The van der Waals surface area contributed by atoms with E-state index in [4.69, 9.17) is 4.42 Å². The summed E-state index contributed by atoms with van der Waals surface area (Å²) in [6.45, 7) is 0. The molecule has 0 saturated heterocycles. The Kier molecular flexibility index (Phi) is 3.77. The maximum atomic E-state index is 13.7. The highest BCUT2D eigenvalue weighted by atomic mass is 79.9. The molecule has 0 saturated carbocycles. The van der Waals surface area contributed by atoms with Gasteiger partial charge in [-0.25, -0.2) is 13.2 Å². The van der Waals surface area contributed by atoms with Crippen LogP contribution >= 0.6 is 15.9 Å². The first-order chi connectivity index (χ1) is 8.56. The van der Waals surface area contributed by atoms with E-state index in [1.54, 1.807) is 13.1 Å². The number of hydrogen-bond donors (Lipinski definition) is 1. The maximum absolute atomic E-state index is 13.7. The Labute approximate surface area is 110 Å². The first-order valence-corrected chi connectivity index (χ1v) is 5.89. The van der Waals surface area contributed by atoms with Crippen molar-refractivity contribution in [2.24, 2.45) is 0 Å². The minimum atomic E-state index is -1.49. The Morgan fingerprint density at radius 3 is 2.44 bits per heavy atom. The molecule has 0 spiro atoms. The minimum absolute atomic E-state index is 0.0212. The monoisotopic (exact) mass is 319 g/mol. The van der Waals surface area contributed by atoms with Gasteiger partial charge in [-0.3, -0.25) is 0 Å². The highest BCUT2D eigenvalue weighted by Gasteiger charge is 2.24. The average molecular weight is 320 g/mol. The van der Waals surface area contributed by atoms with Crippen molar-refractivity contribution < 1.29 is 17.6 Å². The standard InChI is InChI=1S/C12H9BrF3NO/c1-17-11(12-7(13)4-5-18-12)6-2-3-8(14)10(16)9(6)15/h2-5,11,17H,1H3. The molecule has 1 unspecified atom stereocenters. The maximum Gasteiger partial charge on any atom is 0.194 e. The highest BCUT2D eigenvalue weighted by molar-refractivity contribution is 9.10. The zero-order valence-corrected chi connectivity index (χ0v) is 10.9. The van der Waals surface area contributed by atoms with Crippen LogP contribution in [0.1, 0.15) is 17.4 Å². The largest absolute Gasteiger partial charge is 0.466 e.